The third-order valence-electron chi connectivity index (χ3n) is 4.85. The standard InChI is InChI=1S/C18H16Cl2F2N2O/c1-18(11-5-16(22)14(20)6-17(11)24-9-25)8-23-7-12(18)10-2-3-15(21)13(19)4-10/h2-6,9,12,23H,7-8H2,1H3,(H,24,25)/t12-,18+/m1/s1. The van der Waals surface area contributed by atoms with Crippen LogP contribution in [0, 0.1) is 11.6 Å². The number of anilines is 1. The van der Waals surface area contributed by atoms with Gasteiger partial charge in [0.05, 0.1) is 10.0 Å². The molecule has 132 valence electrons. The molecule has 1 saturated heterocycles. The lowest BCUT2D eigenvalue weighted by molar-refractivity contribution is -0.105. The fraction of sp³-hybridized carbons (Fsp3) is 0.278. The highest BCUT2D eigenvalue weighted by Crippen LogP contribution is 2.45. The zero-order chi connectivity index (χ0) is 18.2. The van der Waals surface area contributed by atoms with Gasteiger partial charge in [-0.15, -0.1) is 0 Å². The molecule has 2 aromatic carbocycles. The number of carbonyl (C=O) groups excluding carboxylic acids is 1. The zero-order valence-corrected chi connectivity index (χ0v) is 14.9. The molecule has 3 nitrogen and oxygen atoms in total. The molecular weight excluding hydrogens is 369 g/mol. The predicted molar refractivity (Wildman–Crippen MR) is 95.5 cm³/mol. The van der Waals surface area contributed by atoms with Gasteiger partial charge in [-0.05, 0) is 35.4 Å². The molecule has 7 heteroatoms. The molecule has 1 aliphatic rings. The normalized spacial score (nSPS) is 22.8. The molecule has 0 aromatic heterocycles. The van der Waals surface area contributed by atoms with Crippen molar-refractivity contribution in [3.05, 3.63) is 63.1 Å². The second-order valence-corrected chi connectivity index (χ2v) is 7.16. The second-order valence-electron chi connectivity index (χ2n) is 6.35. The number of amides is 1. The molecule has 1 aliphatic heterocycles. The van der Waals surface area contributed by atoms with Crippen molar-refractivity contribution in [2.75, 3.05) is 18.4 Å². The molecular formula is C18H16Cl2F2N2O. The van der Waals surface area contributed by atoms with Crippen LogP contribution < -0.4 is 10.6 Å². The molecule has 3 rings (SSSR count). The quantitative estimate of drug-likeness (QED) is 0.762. The summed E-state index contributed by atoms with van der Waals surface area (Å²) in [5.41, 5.74) is 1.37. The van der Waals surface area contributed by atoms with Crippen LogP contribution in [0.4, 0.5) is 14.5 Å². The maximum atomic E-state index is 14.1. The first-order valence-corrected chi connectivity index (χ1v) is 8.48. The summed E-state index contributed by atoms with van der Waals surface area (Å²) in [6.45, 7) is 3.14. The highest BCUT2D eigenvalue weighted by Gasteiger charge is 2.43. The first kappa shape index (κ1) is 18.1. The van der Waals surface area contributed by atoms with Gasteiger partial charge in [-0.2, -0.15) is 0 Å². The lowest BCUT2D eigenvalue weighted by Crippen LogP contribution is -2.31. The van der Waals surface area contributed by atoms with Crippen LogP contribution in [0.2, 0.25) is 10.0 Å². The number of halogens is 4. The Morgan fingerprint density at radius 3 is 2.60 bits per heavy atom. The monoisotopic (exact) mass is 384 g/mol. The third-order valence-corrected chi connectivity index (χ3v) is 5.43. The van der Waals surface area contributed by atoms with Gasteiger partial charge in [-0.3, -0.25) is 4.79 Å². The smallest absolute Gasteiger partial charge is 0.211 e. The van der Waals surface area contributed by atoms with E-state index < -0.39 is 17.0 Å². The number of hydrogen-bond acceptors (Lipinski definition) is 2. The van der Waals surface area contributed by atoms with Gasteiger partial charge in [-0.1, -0.05) is 36.2 Å². The van der Waals surface area contributed by atoms with Crippen LogP contribution in [0.3, 0.4) is 0 Å². The second kappa shape index (κ2) is 6.90. The lowest BCUT2D eigenvalue weighted by atomic mass is 9.70. The highest BCUT2D eigenvalue weighted by molar-refractivity contribution is 6.31. The molecule has 1 heterocycles. The molecule has 25 heavy (non-hydrogen) atoms. The topological polar surface area (TPSA) is 41.1 Å². The summed E-state index contributed by atoms with van der Waals surface area (Å²) in [5.74, 6) is -1.13. The third kappa shape index (κ3) is 3.24. The number of hydrogen-bond donors (Lipinski definition) is 2. The van der Waals surface area contributed by atoms with Crippen LogP contribution in [-0.4, -0.2) is 19.5 Å². The van der Waals surface area contributed by atoms with Gasteiger partial charge in [0.15, 0.2) is 0 Å². The Kier molecular flexibility index (Phi) is 5.00. The van der Waals surface area contributed by atoms with Crippen LogP contribution >= 0.6 is 23.2 Å². The average Bonchev–Trinajstić information content (AvgIpc) is 2.96. The van der Waals surface area contributed by atoms with E-state index >= 15 is 0 Å². The van der Waals surface area contributed by atoms with Crippen LogP contribution in [0.15, 0.2) is 30.3 Å². The van der Waals surface area contributed by atoms with Crippen molar-refractivity contribution in [1.29, 1.82) is 0 Å². The van der Waals surface area contributed by atoms with Crippen LogP contribution in [0.25, 0.3) is 0 Å². The Labute approximate surface area is 154 Å². The molecule has 2 N–H and O–H groups in total. The molecule has 0 aliphatic carbocycles. The van der Waals surface area contributed by atoms with E-state index in [1.165, 1.54) is 18.2 Å². The van der Waals surface area contributed by atoms with Crippen molar-refractivity contribution in [2.45, 2.75) is 18.3 Å². The molecule has 0 saturated carbocycles. The Morgan fingerprint density at radius 2 is 1.92 bits per heavy atom. The van der Waals surface area contributed by atoms with Crippen molar-refractivity contribution < 1.29 is 13.6 Å². The number of benzene rings is 2. The molecule has 1 fully saturated rings. The van der Waals surface area contributed by atoms with Crippen molar-refractivity contribution in [1.82, 2.24) is 5.32 Å². The first-order chi connectivity index (χ1) is 11.9. The van der Waals surface area contributed by atoms with E-state index in [4.69, 9.17) is 23.2 Å². The summed E-state index contributed by atoms with van der Waals surface area (Å²) in [5, 5.41) is 5.86. The van der Waals surface area contributed by atoms with Crippen LogP contribution in [-0.2, 0) is 10.2 Å². The first-order valence-electron chi connectivity index (χ1n) is 7.72. The van der Waals surface area contributed by atoms with E-state index in [1.54, 1.807) is 12.1 Å². The van der Waals surface area contributed by atoms with Crippen molar-refractivity contribution in [2.24, 2.45) is 0 Å². The number of carbonyl (C=O) groups is 1. The summed E-state index contributed by atoms with van der Waals surface area (Å²) in [4.78, 5) is 11.0. The largest absolute Gasteiger partial charge is 0.328 e. The summed E-state index contributed by atoms with van der Waals surface area (Å²) >= 11 is 11.8. The molecule has 1 amide bonds. The van der Waals surface area contributed by atoms with Gasteiger partial charge < -0.3 is 10.6 Å². The van der Waals surface area contributed by atoms with E-state index in [9.17, 15) is 13.6 Å². The molecule has 2 atom stereocenters. The summed E-state index contributed by atoms with van der Waals surface area (Å²) in [6, 6.07) is 7.34. The highest BCUT2D eigenvalue weighted by atomic mass is 35.5. The lowest BCUT2D eigenvalue weighted by Gasteiger charge is -2.33. The van der Waals surface area contributed by atoms with Gasteiger partial charge >= 0.3 is 0 Å². The van der Waals surface area contributed by atoms with Crippen molar-refractivity contribution in [3.63, 3.8) is 0 Å². The SMILES string of the molecule is C[C@@]1(c2cc(F)c(Cl)cc2NC=O)CNC[C@@H]1c1ccc(F)c(Cl)c1. The summed E-state index contributed by atoms with van der Waals surface area (Å²) in [6.07, 6.45) is 0.530. The Bertz CT molecular complexity index is 831. The fourth-order valence-corrected chi connectivity index (χ4v) is 3.88. The van der Waals surface area contributed by atoms with Crippen molar-refractivity contribution >= 4 is 35.3 Å². The van der Waals surface area contributed by atoms with E-state index in [0.29, 0.717) is 30.8 Å². The molecule has 0 unspecified atom stereocenters. The van der Waals surface area contributed by atoms with Crippen LogP contribution in [0.1, 0.15) is 24.0 Å². The Hall–Kier alpha value is -1.69. The fourth-order valence-electron chi connectivity index (χ4n) is 3.52. The summed E-state index contributed by atoms with van der Waals surface area (Å²) in [7, 11) is 0. The number of rotatable bonds is 4. The number of nitrogens with one attached hydrogen (secondary N) is 2. The van der Waals surface area contributed by atoms with Gasteiger partial charge in [-0.25, -0.2) is 8.78 Å². The minimum atomic E-state index is -0.558. The molecule has 0 radical (unpaired) electrons. The Morgan fingerprint density at radius 1 is 1.20 bits per heavy atom. The van der Waals surface area contributed by atoms with E-state index in [1.807, 2.05) is 6.92 Å². The average molecular weight is 385 g/mol. The molecule has 0 spiro atoms. The van der Waals surface area contributed by atoms with Gasteiger partial charge in [0.2, 0.25) is 6.41 Å². The zero-order valence-electron chi connectivity index (χ0n) is 13.4. The minimum absolute atomic E-state index is 0.0419. The van der Waals surface area contributed by atoms with Gasteiger partial charge in [0.1, 0.15) is 11.6 Å². The van der Waals surface area contributed by atoms with E-state index in [2.05, 4.69) is 10.6 Å². The molecule has 0 bridgehead atoms. The minimum Gasteiger partial charge on any atom is -0.328 e. The maximum absolute atomic E-state index is 14.1. The van der Waals surface area contributed by atoms with Crippen LogP contribution in [0.5, 0.6) is 0 Å². The molecule has 2 aromatic rings. The maximum Gasteiger partial charge on any atom is 0.211 e. The van der Waals surface area contributed by atoms with Gasteiger partial charge in [0.25, 0.3) is 0 Å². The van der Waals surface area contributed by atoms with Crippen molar-refractivity contribution in [3.8, 4) is 0 Å². The predicted octanol–water partition coefficient (Wildman–Crippen LogP) is 4.48. The van der Waals surface area contributed by atoms with E-state index in [0.717, 1.165) is 5.56 Å². The summed E-state index contributed by atoms with van der Waals surface area (Å²) < 4.78 is 27.6. The Balaban J connectivity index is 2.12. The van der Waals surface area contributed by atoms with Gasteiger partial charge in [0, 0.05) is 30.1 Å². The van der Waals surface area contributed by atoms with E-state index in [-0.39, 0.29) is 16.0 Å².